The maximum absolute atomic E-state index is 12.6. The summed E-state index contributed by atoms with van der Waals surface area (Å²) in [5.74, 6) is 1.77. The van der Waals surface area contributed by atoms with Crippen LogP contribution in [0.4, 0.5) is 5.69 Å². The molecule has 2 N–H and O–H groups in total. The first-order chi connectivity index (χ1) is 11.7. The number of amides is 1. The van der Waals surface area contributed by atoms with E-state index in [0.717, 1.165) is 62.5 Å². The summed E-state index contributed by atoms with van der Waals surface area (Å²) in [5, 5.41) is 6.84. The molecule has 1 amide bonds. The number of rotatable bonds is 5. The van der Waals surface area contributed by atoms with E-state index in [2.05, 4.69) is 10.6 Å². The SMILES string of the molecule is COc1cc(NC2CCCN(C(=O)C3CCCN3)C2)cc(OC)c1. The van der Waals surface area contributed by atoms with Crippen LogP contribution in [0.3, 0.4) is 0 Å². The maximum atomic E-state index is 12.6. The number of carbonyl (C=O) groups is 1. The topological polar surface area (TPSA) is 62.8 Å². The molecule has 2 saturated heterocycles. The van der Waals surface area contributed by atoms with Gasteiger partial charge in [-0.15, -0.1) is 0 Å². The molecule has 1 aromatic rings. The molecule has 3 rings (SSSR count). The van der Waals surface area contributed by atoms with Gasteiger partial charge in [0.2, 0.25) is 5.91 Å². The molecule has 0 spiro atoms. The first-order valence-corrected chi connectivity index (χ1v) is 8.71. The number of ether oxygens (including phenoxy) is 2. The summed E-state index contributed by atoms with van der Waals surface area (Å²) in [6.07, 6.45) is 4.13. The van der Waals surface area contributed by atoms with Crippen LogP contribution in [0.1, 0.15) is 25.7 Å². The molecular weight excluding hydrogens is 306 g/mol. The Balaban J connectivity index is 1.63. The van der Waals surface area contributed by atoms with E-state index < -0.39 is 0 Å². The third kappa shape index (κ3) is 3.93. The number of nitrogens with one attached hydrogen (secondary N) is 2. The smallest absolute Gasteiger partial charge is 0.239 e. The van der Waals surface area contributed by atoms with Gasteiger partial charge in [0, 0.05) is 43.0 Å². The largest absolute Gasteiger partial charge is 0.497 e. The van der Waals surface area contributed by atoms with E-state index >= 15 is 0 Å². The van der Waals surface area contributed by atoms with Crippen LogP contribution in [0.5, 0.6) is 11.5 Å². The minimum Gasteiger partial charge on any atom is -0.497 e. The van der Waals surface area contributed by atoms with E-state index in [4.69, 9.17) is 9.47 Å². The number of carbonyl (C=O) groups excluding carboxylic acids is 1. The lowest BCUT2D eigenvalue weighted by Gasteiger charge is -2.35. The van der Waals surface area contributed by atoms with Crippen LogP contribution in [0, 0.1) is 0 Å². The molecule has 0 aromatic heterocycles. The number of likely N-dealkylation sites (tertiary alicyclic amines) is 1. The van der Waals surface area contributed by atoms with E-state index in [9.17, 15) is 4.79 Å². The molecule has 24 heavy (non-hydrogen) atoms. The van der Waals surface area contributed by atoms with Gasteiger partial charge in [-0.25, -0.2) is 0 Å². The summed E-state index contributed by atoms with van der Waals surface area (Å²) in [7, 11) is 3.29. The van der Waals surface area contributed by atoms with E-state index in [-0.39, 0.29) is 18.0 Å². The molecule has 0 aliphatic carbocycles. The predicted octanol–water partition coefficient (Wildman–Crippen LogP) is 1.86. The van der Waals surface area contributed by atoms with Crippen molar-refractivity contribution >= 4 is 11.6 Å². The van der Waals surface area contributed by atoms with E-state index in [1.165, 1.54) is 0 Å². The molecule has 1 aromatic carbocycles. The molecule has 2 aliphatic heterocycles. The highest BCUT2D eigenvalue weighted by molar-refractivity contribution is 5.82. The van der Waals surface area contributed by atoms with Crippen molar-refractivity contribution in [1.29, 1.82) is 0 Å². The van der Waals surface area contributed by atoms with Gasteiger partial charge in [0.15, 0.2) is 0 Å². The van der Waals surface area contributed by atoms with Crippen molar-refractivity contribution in [3.63, 3.8) is 0 Å². The highest BCUT2D eigenvalue weighted by atomic mass is 16.5. The van der Waals surface area contributed by atoms with Crippen LogP contribution < -0.4 is 20.1 Å². The minimum atomic E-state index is 0.0145. The summed E-state index contributed by atoms with van der Waals surface area (Å²) in [6.45, 7) is 2.56. The van der Waals surface area contributed by atoms with E-state index in [1.807, 2.05) is 23.1 Å². The normalized spacial score (nSPS) is 23.8. The van der Waals surface area contributed by atoms with Gasteiger partial charge in [0.05, 0.1) is 20.3 Å². The molecule has 2 heterocycles. The third-order valence-electron chi connectivity index (χ3n) is 4.81. The van der Waals surface area contributed by atoms with Crippen molar-refractivity contribution < 1.29 is 14.3 Å². The van der Waals surface area contributed by atoms with Gasteiger partial charge in [0.25, 0.3) is 0 Å². The Kier molecular flexibility index (Phi) is 5.45. The number of hydrogen-bond donors (Lipinski definition) is 2. The summed E-state index contributed by atoms with van der Waals surface area (Å²) in [4.78, 5) is 14.6. The van der Waals surface area contributed by atoms with Gasteiger partial charge in [-0.3, -0.25) is 4.79 Å². The van der Waals surface area contributed by atoms with Gasteiger partial charge in [-0.1, -0.05) is 0 Å². The molecule has 2 fully saturated rings. The Bertz CT molecular complexity index is 550. The van der Waals surface area contributed by atoms with Crippen molar-refractivity contribution in [2.24, 2.45) is 0 Å². The Hall–Kier alpha value is -1.95. The molecule has 0 bridgehead atoms. The standard InChI is InChI=1S/C18H27N3O3/c1-23-15-9-14(10-16(11-15)24-2)20-13-5-4-8-21(12-13)18(22)17-6-3-7-19-17/h9-11,13,17,19-20H,3-8,12H2,1-2H3. The Morgan fingerprint density at radius 2 is 1.92 bits per heavy atom. The molecule has 6 heteroatoms. The van der Waals surface area contributed by atoms with Crippen molar-refractivity contribution in [1.82, 2.24) is 10.2 Å². The van der Waals surface area contributed by atoms with Crippen LogP contribution >= 0.6 is 0 Å². The van der Waals surface area contributed by atoms with E-state index in [1.54, 1.807) is 14.2 Å². The zero-order chi connectivity index (χ0) is 16.9. The van der Waals surface area contributed by atoms with Crippen molar-refractivity contribution in [2.45, 2.75) is 37.8 Å². The highest BCUT2D eigenvalue weighted by Gasteiger charge is 2.30. The first kappa shape index (κ1) is 16.9. The van der Waals surface area contributed by atoms with Crippen molar-refractivity contribution in [3.05, 3.63) is 18.2 Å². The van der Waals surface area contributed by atoms with Gasteiger partial charge < -0.3 is 25.0 Å². The van der Waals surface area contributed by atoms with Gasteiger partial charge >= 0.3 is 0 Å². The molecule has 2 aliphatic rings. The molecular formula is C18H27N3O3. The molecule has 0 saturated carbocycles. The molecule has 0 radical (unpaired) electrons. The Morgan fingerprint density at radius 3 is 2.54 bits per heavy atom. The highest BCUT2D eigenvalue weighted by Crippen LogP contribution is 2.27. The molecule has 6 nitrogen and oxygen atoms in total. The second-order valence-corrected chi connectivity index (χ2v) is 6.52. The first-order valence-electron chi connectivity index (χ1n) is 8.71. The van der Waals surface area contributed by atoms with Crippen LogP contribution in [-0.2, 0) is 4.79 Å². The summed E-state index contributed by atoms with van der Waals surface area (Å²) >= 11 is 0. The minimum absolute atomic E-state index is 0.0145. The molecule has 2 atom stereocenters. The monoisotopic (exact) mass is 333 g/mol. The van der Waals surface area contributed by atoms with Crippen molar-refractivity contribution in [2.75, 3.05) is 39.2 Å². The number of hydrogen-bond acceptors (Lipinski definition) is 5. The Morgan fingerprint density at radius 1 is 1.17 bits per heavy atom. The average Bonchev–Trinajstić information content (AvgIpc) is 3.15. The average molecular weight is 333 g/mol. The van der Waals surface area contributed by atoms with Crippen LogP contribution in [0.15, 0.2) is 18.2 Å². The zero-order valence-electron chi connectivity index (χ0n) is 14.5. The van der Waals surface area contributed by atoms with E-state index in [0.29, 0.717) is 0 Å². The fourth-order valence-corrected chi connectivity index (χ4v) is 3.54. The quantitative estimate of drug-likeness (QED) is 0.861. The lowest BCUT2D eigenvalue weighted by molar-refractivity contribution is -0.134. The van der Waals surface area contributed by atoms with Crippen molar-refractivity contribution in [3.8, 4) is 11.5 Å². The summed E-state index contributed by atoms with van der Waals surface area (Å²) in [5.41, 5.74) is 0.962. The lowest BCUT2D eigenvalue weighted by Crippen LogP contribution is -2.50. The molecule has 132 valence electrons. The fourth-order valence-electron chi connectivity index (χ4n) is 3.54. The number of anilines is 1. The molecule has 2 unspecified atom stereocenters. The van der Waals surface area contributed by atoms with Crippen LogP contribution in [0.25, 0.3) is 0 Å². The second kappa shape index (κ2) is 7.75. The number of nitrogens with zero attached hydrogens (tertiary/aromatic N) is 1. The van der Waals surface area contributed by atoms with Gasteiger partial charge in [-0.05, 0) is 32.2 Å². The van der Waals surface area contributed by atoms with Gasteiger partial charge in [-0.2, -0.15) is 0 Å². The summed E-state index contributed by atoms with van der Waals surface area (Å²) < 4.78 is 10.6. The maximum Gasteiger partial charge on any atom is 0.239 e. The fraction of sp³-hybridized carbons (Fsp3) is 0.611. The number of piperidine rings is 1. The van der Waals surface area contributed by atoms with Gasteiger partial charge in [0.1, 0.15) is 11.5 Å². The predicted molar refractivity (Wildman–Crippen MR) is 93.8 cm³/mol. The zero-order valence-corrected chi connectivity index (χ0v) is 14.5. The third-order valence-corrected chi connectivity index (χ3v) is 4.81. The second-order valence-electron chi connectivity index (χ2n) is 6.52. The lowest BCUT2D eigenvalue weighted by atomic mass is 10.0. The Labute approximate surface area is 143 Å². The van der Waals surface area contributed by atoms with Crippen LogP contribution in [-0.4, -0.2) is 56.7 Å². The summed E-state index contributed by atoms with van der Waals surface area (Å²) in [6, 6.07) is 6.04. The van der Waals surface area contributed by atoms with Crippen LogP contribution in [0.2, 0.25) is 0 Å². The number of benzene rings is 1. The number of methoxy groups -OCH3 is 2.